The summed E-state index contributed by atoms with van der Waals surface area (Å²) < 4.78 is 1.70. The molecule has 9 heteroatoms. The van der Waals surface area contributed by atoms with E-state index < -0.39 is 0 Å². The number of hydrogen-bond acceptors (Lipinski definition) is 5. The van der Waals surface area contributed by atoms with Gasteiger partial charge in [-0.2, -0.15) is 4.98 Å². The monoisotopic (exact) mass is 437 g/mol. The van der Waals surface area contributed by atoms with Gasteiger partial charge in [-0.1, -0.05) is 41.0 Å². The van der Waals surface area contributed by atoms with Crippen LogP contribution >= 0.6 is 35.0 Å². The number of aryl methyl sites for hydroxylation is 2. The van der Waals surface area contributed by atoms with Gasteiger partial charge in [0.15, 0.2) is 0 Å². The second-order valence-electron chi connectivity index (χ2n) is 6.59. The highest BCUT2D eigenvalue weighted by atomic mass is 35.5. The van der Waals surface area contributed by atoms with Crippen molar-refractivity contribution in [2.24, 2.45) is 0 Å². The Hall–Kier alpha value is -1.83. The van der Waals surface area contributed by atoms with Crippen LogP contribution in [0.2, 0.25) is 10.0 Å². The summed E-state index contributed by atoms with van der Waals surface area (Å²) in [5, 5.41) is 6.20. The van der Waals surface area contributed by atoms with Crippen LogP contribution in [0.15, 0.2) is 23.4 Å². The standard InChI is InChI=1S/C19H21Cl2N5OS/c1-10-15(12(3)26-18(22-10)23-19(24-26)28-5)9-17(27)25(4)11(2)14-7-6-13(20)8-16(14)21/h6-8,11H,9H2,1-5H3. The number of aromatic nitrogens is 4. The number of amides is 1. The number of likely N-dealkylation sites (N-methyl/N-ethyl adjacent to an activating group) is 1. The molecule has 0 aliphatic carbocycles. The number of benzene rings is 1. The zero-order chi connectivity index (χ0) is 20.6. The van der Waals surface area contributed by atoms with Crippen molar-refractivity contribution in [3.05, 3.63) is 50.8 Å². The molecule has 0 spiro atoms. The van der Waals surface area contributed by atoms with Crippen LogP contribution < -0.4 is 0 Å². The van der Waals surface area contributed by atoms with E-state index in [9.17, 15) is 4.79 Å². The van der Waals surface area contributed by atoms with E-state index in [1.54, 1.807) is 28.6 Å². The van der Waals surface area contributed by atoms with Crippen molar-refractivity contribution in [1.82, 2.24) is 24.5 Å². The first-order chi connectivity index (χ1) is 13.2. The highest BCUT2D eigenvalue weighted by Crippen LogP contribution is 2.29. The van der Waals surface area contributed by atoms with Crippen LogP contribution in [-0.4, -0.2) is 43.7 Å². The number of hydrogen-bond donors (Lipinski definition) is 0. The molecule has 0 N–H and O–H groups in total. The van der Waals surface area contributed by atoms with Gasteiger partial charge < -0.3 is 4.90 Å². The van der Waals surface area contributed by atoms with Gasteiger partial charge in [0.1, 0.15) is 0 Å². The van der Waals surface area contributed by atoms with Crippen molar-refractivity contribution >= 4 is 46.6 Å². The first kappa shape index (κ1) is 20.9. The number of halogens is 2. The molecule has 0 aliphatic heterocycles. The van der Waals surface area contributed by atoms with Gasteiger partial charge in [-0.15, -0.1) is 5.10 Å². The van der Waals surface area contributed by atoms with Crippen LogP contribution in [-0.2, 0) is 11.2 Å². The normalized spacial score (nSPS) is 12.4. The lowest BCUT2D eigenvalue weighted by molar-refractivity contribution is -0.131. The predicted molar refractivity (Wildman–Crippen MR) is 113 cm³/mol. The molecule has 2 aromatic heterocycles. The first-order valence-electron chi connectivity index (χ1n) is 8.70. The number of thioether (sulfide) groups is 1. The Labute approximate surface area is 178 Å². The number of fused-ring (bicyclic) bond motifs is 1. The average molecular weight is 438 g/mol. The summed E-state index contributed by atoms with van der Waals surface area (Å²) in [5.41, 5.74) is 3.36. The minimum Gasteiger partial charge on any atom is -0.339 e. The molecule has 148 valence electrons. The van der Waals surface area contributed by atoms with Crippen LogP contribution in [0.25, 0.3) is 5.78 Å². The molecular formula is C19H21Cl2N5OS. The third-order valence-electron chi connectivity index (χ3n) is 4.93. The highest BCUT2D eigenvalue weighted by Gasteiger charge is 2.22. The lowest BCUT2D eigenvalue weighted by Crippen LogP contribution is -2.31. The van der Waals surface area contributed by atoms with Gasteiger partial charge in [0.2, 0.25) is 11.1 Å². The van der Waals surface area contributed by atoms with Crippen LogP contribution in [0, 0.1) is 13.8 Å². The molecule has 28 heavy (non-hydrogen) atoms. The fourth-order valence-electron chi connectivity index (χ4n) is 3.07. The number of rotatable bonds is 5. The summed E-state index contributed by atoms with van der Waals surface area (Å²) >= 11 is 13.7. The minimum atomic E-state index is -0.191. The van der Waals surface area contributed by atoms with Gasteiger partial charge in [0, 0.05) is 34.0 Å². The molecule has 0 fully saturated rings. The number of carbonyl (C=O) groups is 1. The van der Waals surface area contributed by atoms with E-state index in [4.69, 9.17) is 23.2 Å². The second-order valence-corrected chi connectivity index (χ2v) is 8.21. The van der Waals surface area contributed by atoms with E-state index >= 15 is 0 Å². The van der Waals surface area contributed by atoms with E-state index in [0.717, 1.165) is 22.5 Å². The van der Waals surface area contributed by atoms with Crippen molar-refractivity contribution in [2.45, 2.75) is 38.4 Å². The van der Waals surface area contributed by atoms with E-state index in [1.165, 1.54) is 11.8 Å². The van der Waals surface area contributed by atoms with E-state index in [2.05, 4.69) is 15.1 Å². The summed E-state index contributed by atoms with van der Waals surface area (Å²) in [6, 6.07) is 5.12. The van der Waals surface area contributed by atoms with E-state index in [0.29, 0.717) is 21.0 Å². The largest absolute Gasteiger partial charge is 0.339 e. The average Bonchev–Trinajstić information content (AvgIpc) is 3.07. The van der Waals surface area contributed by atoms with Crippen LogP contribution in [0.3, 0.4) is 0 Å². The number of carbonyl (C=O) groups excluding carboxylic acids is 1. The Morgan fingerprint density at radius 3 is 2.64 bits per heavy atom. The van der Waals surface area contributed by atoms with Gasteiger partial charge in [0.05, 0.1) is 12.5 Å². The molecule has 1 aromatic carbocycles. The maximum Gasteiger partial charge on any atom is 0.253 e. The molecule has 0 saturated heterocycles. The molecule has 0 aliphatic rings. The Balaban J connectivity index is 1.87. The second kappa shape index (κ2) is 8.27. The Morgan fingerprint density at radius 2 is 2.00 bits per heavy atom. The Morgan fingerprint density at radius 1 is 1.29 bits per heavy atom. The summed E-state index contributed by atoms with van der Waals surface area (Å²) in [6.45, 7) is 5.77. The summed E-state index contributed by atoms with van der Waals surface area (Å²) in [5.74, 6) is 0.515. The molecule has 3 aromatic rings. The smallest absolute Gasteiger partial charge is 0.253 e. The van der Waals surface area contributed by atoms with Crippen molar-refractivity contribution < 1.29 is 4.79 Å². The summed E-state index contributed by atoms with van der Waals surface area (Å²) in [6.07, 6.45) is 2.14. The first-order valence-corrected chi connectivity index (χ1v) is 10.7. The zero-order valence-corrected chi connectivity index (χ0v) is 18.7. The maximum absolute atomic E-state index is 13.0. The van der Waals surface area contributed by atoms with Crippen LogP contribution in [0.5, 0.6) is 0 Å². The van der Waals surface area contributed by atoms with Crippen molar-refractivity contribution in [3.63, 3.8) is 0 Å². The Kier molecular flexibility index (Phi) is 6.17. The lowest BCUT2D eigenvalue weighted by atomic mass is 10.0. The molecule has 3 rings (SSSR count). The predicted octanol–water partition coefficient (Wildman–Crippen LogP) is 4.53. The van der Waals surface area contributed by atoms with Crippen LogP contribution in [0.1, 0.15) is 35.5 Å². The van der Waals surface area contributed by atoms with Gasteiger partial charge >= 0.3 is 0 Å². The molecule has 1 unspecified atom stereocenters. The molecule has 0 saturated carbocycles. The summed E-state index contributed by atoms with van der Waals surface area (Å²) in [7, 11) is 1.77. The fourth-order valence-corrected chi connectivity index (χ4v) is 3.98. The molecule has 0 radical (unpaired) electrons. The van der Waals surface area contributed by atoms with Crippen molar-refractivity contribution in [1.29, 1.82) is 0 Å². The molecule has 1 atom stereocenters. The number of nitrogens with zero attached hydrogens (tertiary/aromatic N) is 5. The minimum absolute atomic E-state index is 0.0314. The van der Waals surface area contributed by atoms with Gasteiger partial charge in [-0.25, -0.2) is 9.50 Å². The third-order valence-corrected chi connectivity index (χ3v) is 6.03. The molecule has 6 nitrogen and oxygen atoms in total. The SMILES string of the molecule is CSc1nc2nc(C)c(CC(=O)N(C)C(C)c3ccc(Cl)cc3Cl)c(C)n2n1. The fraction of sp³-hybridized carbons (Fsp3) is 0.368. The van der Waals surface area contributed by atoms with Gasteiger partial charge in [-0.3, -0.25) is 4.79 Å². The highest BCUT2D eigenvalue weighted by molar-refractivity contribution is 7.98. The van der Waals surface area contributed by atoms with Crippen molar-refractivity contribution in [3.8, 4) is 0 Å². The quantitative estimate of drug-likeness (QED) is 0.548. The van der Waals surface area contributed by atoms with Crippen molar-refractivity contribution in [2.75, 3.05) is 13.3 Å². The van der Waals surface area contributed by atoms with E-state index in [1.807, 2.05) is 33.1 Å². The lowest BCUT2D eigenvalue weighted by Gasteiger charge is -2.26. The Bertz CT molecular complexity index is 1050. The zero-order valence-electron chi connectivity index (χ0n) is 16.3. The molecule has 2 heterocycles. The molecule has 1 amide bonds. The third kappa shape index (κ3) is 3.97. The van der Waals surface area contributed by atoms with Gasteiger partial charge in [0.25, 0.3) is 5.78 Å². The van der Waals surface area contributed by atoms with Gasteiger partial charge in [-0.05, 0) is 44.7 Å². The van der Waals surface area contributed by atoms with E-state index in [-0.39, 0.29) is 18.4 Å². The molecule has 0 bridgehead atoms. The molecular weight excluding hydrogens is 417 g/mol. The van der Waals surface area contributed by atoms with Crippen LogP contribution in [0.4, 0.5) is 0 Å². The summed E-state index contributed by atoms with van der Waals surface area (Å²) in [4.78, 5) is 23.6. The maximum atomic E-state index is 13.0. The topological polar surface area (TPSA) is 63.4 Å².